The summed E-state index contributed by atoms with van der Waals surface area (Å²) in [5, 5.41) is 0. The van der Waals surface area contributed by atoms with Crippen LogP contribution in [0, 0.1) is 0 Å². The van der Waals surface area contributed by atoms with Gasteiger partial charge in [-0.3, -0.25) is 0 Å². The smallest absolute Gasteiger partial charge is 0.0964 e. The van der Waals surface area contributed by atoms with Crippen LogP contribution in [0.4, 0.5) is 5.69 Å². The van der Waals surface area contributed by atoms with E-state index in [0.717, 1.165) is 10.2 Å². The van der Waals surface area contributed by atoms with Gasteiger partial charge in [-0.05, 0) is 25.1 Å². The van der Waals surface area contributed by atoms with Crippen LogP contribution in [0.2, 0.25) is 0 Å². The Bertz CT molecular complexity index is 277. The summed E-state index contributed by atoms with van der Waals surface area (Å²) in [4.78, 5) is 4.08. The van der Waals surface area contributed by atoms with Crippen molar-refractivity contribution in [3.05, 3.63) is 28.7 Å². The van der Waals surface area contributed by atoms with Crippen LogP contribution in [0.25, 0.3) is 0 Å². The Kier molecular flexibility index (Phi) is 2.65. The lowest BCUT2D eigenvalue weighted by atomic mass is 10.3. The van der Waals surface area contributed by atoms with Gasteiger partial charge < -0.3 is 5.73 Å². The molecule has 11 heavy (non-hydrogen) atoms. The van der Waals surface area contributed by atoms with Crippen LogP contribution < -0.4 is 5.73 Å². The molecule has 3 heteroatoms. The number of aliphatic imine (C=N–C) groups is 1. The monoisotopic (exact) mass is 212 g/mol. The highest BCUT2D eigenvalue weighted by molar-refractivity contribution is 9.10. The van der Waals surface area contributed by atoms with Gasteiger partial charge in [0.2, 0.25) is 0 Å². The van der Waals surface area contributed by atoms with Crippen LogP contribution in [0.3, 0.4) is 0 Å². The molecule has 0 saturated heterocycles. The molecule has 58 valence electrons. The lowest BCUT2D eigenvalue weighted by molar-refractivity contribution is 1.44. The summed E-state index contributed by atoms with van der Waals surface area (Å²) in [6, 6.07) is 7.69. The Hall–Kier alpha value is -0.830. The molecule has 0 aromatic heterocycles. The maximum atomic E-state index is 5.41. The number of halogens is 1. The molecule has 0 spiro atoms. The molecule has 0 bridgehead atoms. The summed E-state index contributed by atoms with van der Waals surface area (Å²) in [6.45, 7) is 1.76. The molecule has 2 nitrogen and oxygen atoms in total. The van der Waals surface area contributed by atoms with Crippen LogP contribution in [0.15, 0.2) is 33.7 Å². The van der Waals surface area contributed by atoms with E-state index in [1.807, 2.05) is 24.3 Å². The van der Waals surface area contributed by atoms with E-state index < -0.39 is 0 Å². The highest BCUT2D eigenvalue weighted by atomic mass is 79.9. The van der Waals surface area contributed by atoms with Crippen LogP contribution in [-0.2, 0) is 0 Å². The average molecular weight is 213 g/mol. The normalized spacial score (nSPS) is 11.6. The minimum absolute atomic E-state index is 0.572. The van der Waals surface area contributed by atoms with Gasteiger partial charge in [0.05, 0.1) is 11.5 Å². The van der Waals surface area contributed by atoms with E-state index in [1.165, 1.54) is 0 Å². The molecular formula is C8H9BrN2. The average Bonchev–Trinajstić information content (AvgIpc) is 1.85. The van der Waals surface area contributed by atoms with Gasteiger partial charge in [-0.2, -0.15) is 0 Å². The van der Waals surface area contributed by atoms with Crippen molar-refractivity contribution in [2.75, 3.05) is 0 Å². The number of nitrogens with two attached hydrogens (primary N) is 1. The molecule has 0 amide bonds. The Morgan fingerprint density at radius 2 is 2.27 bits per heavy atom. The van der Waals surface area contributed by atoms with E-state index in [-0.39, 0.29) is 0 Å². The quantitative estimate of drug-likeness (QED) is 0.564. The molecule has 0 aliphatic carbocycles. The summed E-state index contributed by atoms with van der Waals surface area (Å²) < 4.78 is 1.01. The third-order valence-corrected chi connectivity index (χ3v) is 1.61. The third-order valence-electron chi connectivity index (χ3n) is 1.11. The number of hydrogen-bond acceptors (Lipinski definition) is 1. The Balaban J connectivity index is 2.97. The largest absolute Gasteiger partial charge is 0.387 e. The molecule has 1 rings (SSSR count). The molecule has 1 aromatic carbocycles. The highest BCUT2D eigenvalue weighted by Crippen LogP contribution is 2.17. The van der Waals surface area contributed by atoms with Gasteiger partial charge in [-0.25, -0.2) is 4.99 Å². The molecular weight excluding hydrogens is 204 g/mol. The van der Waals surface area contributed by atoms with E-state index in [1.54, 1.807) is 6.92 Å². The van der Waals surface area contributed by atoms with Gasteiger partial charge in [0.15, 0.2) is 0 Å². The summed E-state index contributed by atoms with van der Waals surface area (Å²) in [5.41, 5.74) is 6.28. The van der Waals surface area contributed by atoms with Gasteiger partial charge in [0, 0.05) is 4.47 Å². The molecule has 0 radical (unpaired) electrons. The lowest BCUT2D eigenvalue weighted by Crippen LogP contribution is -2.03. The molecule has 0 saturated carbocycles. The Labute approximate surface area is 74.3 Å². The standard InChI is InChI=1S/C8H9BrN2/c1-6(10)11-8-4-2-3-7(9)5-8/h2-5H,1H3,(H2,10,11). The fourth-order valence-corrected chi connectivity index (χ4v) is 1.14. The second-order valence-electron chi connectivity index (χ2n) is 2.23. The van der Waals surface area contributed by atoms with Crippen LogP contribution in [0.1, 0.15) is 6.92 Å². The zero-order valence-corrected chi connectivity index (χ0v) is 7.80. The maximum Gasteiger partial charge on any atom is 0.0964 e. The van der Waals surface area contributed by atoms with Gasteiger partial charge in [-0.1, -0.05) is 22.0 Å². The Morgan fingerprint density at radius 1 is 1.55 bits per heavy atom. The lowest BCUT2D eigenvalue weighted by Gasteiger charge is -1.94. The first-order valence-electron chi connectivity index (χ1n) is 3.25. The van der Waals surface area contributed by atoms with Gasteiger partial charge >= 0.3 is 0 Å². The van der Waals surface area contributed by atoms with Crippen molar-refractivity contribution in [3.63, 3.8) is 0 Å². The molecule has 0 aliphatic heterocycles. The van der Waals surface area contributed by atoms with E-state index in [0.29, 0.717) is 5.84 Å². The molecule has 0 atom stereocenters. The molecule has 0 aliphatic rings. The maximum absolute atomic E-state index is 5.41. The van der Waals surface area contributed by atoms with Crippen LogP contribution in [-0.4, -0.2) is 5.84 Å². The van der Waals surface area contributed by atoms with Gasteiger partial charge in [0.1, 0.15) is 0 Å². The summed E-state index contributed by atoms with van der Waals surface area (Å²) in [6.07, 6.45) is 0. The predicted octanol–water partition coefficient (Wildman–Crippen LogP) is 2.46. The Morgan fingerprint density at radius 3 is 2.82 bits per heavy atom. The minimum atomic E-state index is 0.572. The van der Waals surface area contributed by atoms with Crippen LogP contribution >= 0.6 is 15.9 Å². The molecule has 0 unspecified atom stereocenters. The summed E-state index contributed by atoms with van der Waals surface area (Å²) in [7, 11) is 0. The first-order valence-corrected chi connectivity index (χ1v) is 4.04. The number of rotatable bonds is 1. The molecule has 1 aromatic rings. The van der Waals surface area contributed by atoms with Crippen molar-refractivity contribution in [2.45, 2.75) is 6.92 Å². The van der Waals surface area contributed by atoms with E-state index in [2.05, 4.69) is 20.9 Å². The topological polar surface area (TPSA) is 38.4 Å². The second kappa shape index (κ2) is 3.53. The van der Waals surface area contributed by atoms with Crippen molar-refractivity contribution in [1.29, 1.82) is 0 Å². The zero-order valence-electron chi connectivity index (χ0n) is 6.21. The van der Waals surface area contributed by atoms with E-state index >= 15 is 0 Å². The number of nitrogens with zero attached hydrogens (tertiary/aromatic N) is 1. The van der Waals surface area contributed by atoms with Crippen molar-refractivity contribution in [2.24, 2.45) is 10.7 Å². The van der Waals surface area contributed by atoms with Crippen molar-refractivity contribution in [1.82, 2.24) is 0 Å². The van der Waals surface area contributed by atoms with E-state index in [9.17, 15) is 0 Å². The fourth-order valence-electron chi connectivity index (χ4n) is 0.749. The van der Waals surface area contributed by atoms with Gasteiger partial charge in [-0.15, -0.1) is 0 Å². The van der Waals surface area contributed by atoms with Gasteiger partial charge in [0.25, 0.3) is 0 Å². The summed E-state index contributed by atoms with van der Waals surface area (Å²) in [5.74, 6) is 0.572. The fraction of sp³-hybridized carbons (Fsp3) is 0.125. The number of benzene rings is 1. The number of hydrogen-bond donors (Lipinski definition) is 1. The highest BCUT2D eigenvalue weighted by Gasteiger charge is 1.89. The first kappa shape index (κ1) is 8.27. The van der Waals surface area contributed by atoms with Crippen molar-refractivity contribution >= 4 is 27.5 Å². The predicted molar refractivity (Wildman–Crippen MR) is 51.1 cm³/mol. The first-order chi connectivity index (χ1) is 5.18. The van der Waals surface area contributed by atoms with Crippen molar-refractivity contribution in [3.8, 4) is 0 Å². The number of amidine groups is 1. The molecule has 0 fully saturated rings. The van der Waals surface area contributed by atoms with Crippen molar-refractivity contribution < 1.29 is 0 Å². The van der Waals surface area contributed by atoms with E-state index in [4.69, 9.17) is 5.73 Å². The third kappa shape index (κ3) is 2.72. The zero-order chi connectivity index (χ0) is 8.27. The molecule has 0 heterocycles. The minimum Gasteiger partial charge on any atom is -0.387 e. The SMILES string of the molecule is CC(N)=Nc1cccc(Br)c1. The second-order valence-corrected chi connectivity index (χ2v) is 3.15. The molecule has 2 N–H and O–H groups in total. The summed E-state index contributed by atoms with van der Waals surface area (Å²) >= 11 is 3.34. The van der Waals surface area contributed by atoms with Crippen LogP contribution in [0.5, 0.6) is 0 Å².